The van der Waals surface area contributed by atoms with Crippen LogP contribution in [0.25, 0.3) is 22.4 Å². The summed E-state index contributed by atoms with van der Waals surface area (Å²) < 4.78 is 5.59. The molecule has 0 fully saturated rings. The molecule has 1 aromatic carbocycles. The Bertz CT molecular complexity index is 904. The summed E-state index contributed by atoms with van der Waals surface area (Å²) in [6.07, 6.45) is 3.40. The predicted octanol–water partition coefficient (Wildman–Crippen LogP) is 4.73. The minimum Gasteiger partial charge on any atom is -0.477 e. The van der Waals surface area contributed by atoms with E-state index in [9.17, 15) is 5.26 Å². The molecule has 0 aliphatic rings. The van der Waals surface area contributed by atoms with Gasteiger partial charge in [0.05, 0.1) is 12.3 Å². The van der Waals surface area contributed by atoms with Crippen molar-refractivity contribution in [2.75, 3.05) is 6.61 Å². The molecular weight excluding hydrogens is 322 g/mol. The monoisotopic (exact) mass is 335 g/mol. The van der Waals surface area contributed by atoms with Crippen LogP contribution >= 0.6 is 11.6 Å². The van der Waals surface area contributed by atoms with Crippen LogP contribution in [-0.2, 0) is 0 Å². The maximum atomic E-state index is 9.59. The number of pyridine rings is 2. The van der Waals surface area contributed by atoms with Crippen molar-refractivity contribution in [3.8, 4) is 34.3 Å². The Kier molecular flexibility index (Phi) is 4.74. The van der Waals surface area contributed by atoms with Crippen molar-refractivity contribution in [3.63, 3.8) is 0 Å². The number of benzene rings is 1. The molecule has 0 saturated heterocycles. The van der Waals surface area contributed by atoms with E-state index in [0.717, 1.165) is 16.7 Å². The quantitative estimate of drug-likeness (QED) is 0.691. The van der Waals surface area contributed by atoms with Gasteiger partial charge in [-0.1, -0.05) is 35.9 Å². The van der Waals surface area contributed by atoms with Gasteiger partial charge in [-0.05, 0) is 25.1 Å². The van der Waals surface area contributed by atoms with Crippen molar-refractivity contribution in [1.29, 1.82) is 5.26 Å². The maximum absolute atomic E-state index is 9.59. The summed E-state index contributed by atoms with van der Waals surface area (Å²) in [6.45, 7) is 2.27. The predicted molar refractivity (Wildman–Crippen MR) is 93.8 cm³/mol. The Hall–Kier alpha value is -2.90. The van der Waals surface area contributed by atoms with Gasteiger partial charge in [0.2, 0.25) is 5.88 Å². The molecule has 24 heavy (non-hydrogen) atoms. The number of nitrogens with zero attached hydrogens (tertiary/aromatic N) is 3. The van der Waals surface area contributed by atoms with Crippen LogP contribution in [0.15, 0.2) is 54.9 Å². The summed E-state index contributed by atoms with van der Waals surface area (Å²) in [6, 6.07) is 15.2. The second-order valence-corrected chi connectivity index (χ2v) is 5.41. The lowest BCUT2D eigenvalue weighted by atomic mass is 10.00. The molecule has 4 nitrogen and oxygen atoms in total. The molecule has 0 radical (unpaired) electrons. The van der Waals surface area contributed by atoms with Gasteiger partial charge in [-0.15, -0.1) is 0 Å². The van der Waals surface area contributed by atoms with E-state index < -0.39 is 0 Å². The van der Waals surface area contributed by atoms with Crippen LogP contribution in [0.5, 0.6) is 5.88 Å². The van der Waals surface area contributed by atoms with E-state index in [1.807, 2.05) is 43.3 Å². The van der Waals surface area contributed by atoms with Crippen molar-refractivity contribution in [2.24, 2.45) is 0 Å². The standard InChI is InChI=1S/C19H14ClN3O/c1-2-24-19-16(11-21)15(13-6-5-9-22-12-13)10-18(23-19)14-7-3-4-8-17(14)20/h3-10,12H,2H2,1H3. The van der Waals surface area contributed by atoms with Crippen LogP contribution in [0.3, 0.4) is 0 Å². The molecule has 0 unspecified atom stereocenters. The van der Waals surface area contributed by atoms with E-state index in [0.29, 0.717) is 28.8 Å². The summed E-state index contributed by atoms with van der Waals surface area (Å²) in [7, 11) is 0. The lowest BCUT2D eigenvalue weighted by Gasteiger charge is -2.13. The molecular formula is C19H14ClN3O. The second kappa shape index (κ2) is 7.12. The Morgan fingerprint density at radius 3 is 2.67 bits per heavy atom. The fraction of sp³-hybridized carbons (Fsp3) is 0.105. The number of aromatic nitrogens is 2. The van der Waals surface area contributed by atoms with Gasteiger partial charge in [0.25, 0.3) is 0 Å². The first-order valence-electron chi connectivity index (χ1n) is 7.47. The first kappa shape index (κ1) is 16.0. The van der Waals surface area contributed by atoms with Crippen LogP contribution in [-0.4, -0.2) is 16.6 Å². The van der Waals surface area contributed by atoms with E-state index >= 15 is 0 Å². The summed E-state index contributed by atoms with van der Waals surface area (Å²) in [4.78, 5) is 8.64. The number of hydrogen-bond acceptors (Lipinski definition) is 4. The third-order valence-corrected chi connectivity index (χ3v) is 3.83. The highest BCUT2D eigenvalue weighted by Gasteiger charge is 2.17. The summed E-state index contributed by atoms with van der Waals surface area (Å²) in [5.74, 6) is 0.302. The van der Waals surface area contributed by atoms with Crippen molar-refractivity contribution < 1.29 is 4.74 Å². The van der Waals surface area contributed by atoms with Gasteiger partial charge in [-0.3, -0.25) is 4.98 Å². The Morgan fingerprint density at radius 2 is 2.00 bits per heavy atom. The second-order valence-electron chi connectivity index (χ2n) is 5.00. The topological polar surface area (TPSA) is 58.8 Å². The van der Waals surface area contributed by atoms with E-state index in [-0.39, 0.29) is 0 Å². The summed E-state index contributed by atoms with van der Waals surface area (Å²) in [5.41, 5.74) is 3.38. The van der Waals surface area contributed by atoms with Gasteiger partial charge >= 0.3 is 0 Å². The number of hydrogen-bond donors (Lipinski definition) is 0. The average molecular weight is 336 g/mol. The van der Waals surface area contributed by atoms with Gasteiger partial charge in [0, 0.05) is 34.1 Å². The lowest BCUT2D eigenvalue weighted by Crippen LogP contribution is -2.01. The summed E-state index contributed by atoms with van der Waals surface area (Å²) in [5, 5.41) is 10.2. The number of halogens is 1. The molecule has 118 valence electrons. The Morgan fingerprint density at radius 1 is 1.17 bits per heavy atom. The first-order chi connectivity index (χ1) is 11.7. The zero-order chi connectivity index (χ0) is 16.9. The number of rotatable bonds is 4. The highest BCUT2D eigenvalue weighted by molar-refractivity contribution is 6.33. The van der Waals surface area contributed by atoms with Crippen molar-refractivity contribution >= 4 is 11.6 Å². The van der Waals surface area contributed by atoms with Crippen LogP contribution < -0.4 is 4.74 Å². The lowest BCUT2D eigenvalue weighted by molar-refractivity contribution is 0.326. The fourth-order valence-electron chi connectivity index (χ4n) is 2.43. The SMILES string of the molecule is CCOc1nc(-c2ccccc2Cl)cc(-c2cccnc2)c1C#N. The van der Waals surface area contributed by atoms with Crippen LogP contribution in [0, 0.1) is 11.3 Å². The molecule has 0 N–H and O–H groups in total. The summed E-state index contributed by atoms with van der Waals surface area (Å²) >= 11 is 6.30. The van der Waals surface area contributed by atoms with Gasteiger partial charge in [-0.25, -0.2) is 4.98 Å². The van der Waals surface area contributed by atoms with Gasteiger partial charge in [0.15, 0.2) is 0 Å². The van der Waals surface area contributed by atoms with E-state index in [2.05, 4.69) is 16.0 Å². The van der Waals surface area contributed by atoms with Gasteiger partial charge in [-0.2, -0.15) is 5.26 Å². The Labute approximate surface area is 145 Å². The average Bonchev–Trinajstić information content (AvgIpc) is 2.62. The molecule has 0 bridgehead atoms. The van der Waals surface area contributed by atoms with E-state index in [1.54, 1.807) is 18.5 Å². The molecule has 2 aromatic heterocycles. The van der Waals surface area contributed by atoms with Crippen molar-refractivity contribution in [2.45, 2.75) is 6.92 Å². The smallest absolute Gasteiger partial charge is 0.232 e. The molecule has 3 rings (SSSR count). The molecule has 3 aromatic rings. The zero-order valence-electron chi connectivity index (χ0n) is 13.0. The molecule has 0 aliphatic carbocycles. The fourth-order valence-corrected chi connectivity index (χ4v) is 2.66. The highest BCUT2D eigenvalue weighted by atomic mass is 35.5. The molecule has 5 heteroatoms. The zero-order valence-corrected chi connectivity index (χ0v) is 13.8. The van der Waals surface area contributed by atoms with Crippen LogP contribution in [0.1, 0.15) is 12.5 Å². The molecule has 2 heterocycles. The van der Waals surface area contributed by atoms with E-state index in [4.69, 9.17) is 16.3 Å². The van der Waals surface area contributed by atoms with Crippen molar-refractivity contribution in [1.82, 2.24) is 9.97 Å². The molecule has 0 atom stereocenters. The molecule has 0 amide bonds. The van der Waals surface area contributed by atoms with E-state index in [1.165, 1.54) is 0 Å². The van der Waals surface area contributed by atoms with Gasteiger partial charge < -0.3 is 4.74 Å². The van der Waals surface area contributed by atoms with Gasteiger partial charge in [0.1, 0.15) is 11.6 Å². The van der Waals surface area contributed by atoms with Crippen LogP contribution in [0.2, 0.25) is 5.02 Å². The number of ether oxygens (including phenoxy) is 1. The molecule has 0 saturated carbocycles. The van der Waals surface area contributed by atoms with Crippen LogP contribution in [0.4, 0.5) is 0 Å². The molecule has 0 spiro atoms. The Balaban J connectivity index is 2.28. The molecule has 0 aliphatic heterocycles. The third kappa shape index (κ3) is 3.08. The van der Waals surface area contributed by atoms with Crippen molar-refractivity contribution in [3.05, 3.63) is 65.4 Å². The third-order valence-electron chi connectivity index (χ3n) is 3.50. The minimum atomic E-state index is 0.302. The normalized spacial score (nSPS) is 10.2. The minimum absolute atomic E-state index is 0.302. The first-order valence-corrected chi connectivity index (χ1v) is 7.85. The number of nitriles is 1. The maximum Gasteiger partial charge on any atom is 0.232 e. The largest absolute Gasteiger partial charge is 0.477 e. The highest BCUT2D eigenvalue weighted by Crippen LogP contribution is 2.35.